The van der Waals surface area contributed by atoms with E-state index in [1.54, 1.807) is 38.5 Å². The molecule has 0 aliphatic heterocycles. The number of unbranched alkanes of at least 4 members (excludes halogenated alkanes) is 4. The second-order valence-corrected chi connectivity index (χ2v) is 14.2. The van der Waals surface area contributed by atoms with E-state index in [1.165, 1.54) is 0 Å². The summed E-state index contributed by atoms with van der Waals surface area (Å²) >= 11 is 0. The van der Waals surface area contributed by atoms with Crippen molar-refractivity contribution in [1.29, 1.82) is 0 Å². The number of carbonyl (C=O) groups is 2. The number of methoxy groups -OCH3 is 2. The fourth-order valence-electron chi connectivity index (χ4n) is 5.23. The van der Waals surface area contributed by atoms with E-state index >= 15 is 4.57 Å². The maximum absolute atomic E-state index is 15.3. The lowest BCUT2D eigenvalue weighted by atomic mass is 10.0. The molecule has 1 unspecified atom stereocenters. The zero-order valence-electron chi connectivity index (χ0n) is 27.5. The molecule has 0 aromatic heterocycles. The summed E-state index contributed by atoms with van der Waals surface area (Å²) in [5, 5.41) is 1.29. The van der Waals surface area contributed by atoms with Crippen LogP contribution in [0.25, 0.3) is 0 Å². The molecule has 0 saturated carbocycles. The predicted molar refractivity (Wildman–Crippen MR) is 179 cm³/mol. The van der Waals surface area contributed by atoms with Crippen LogP contribution in [-0.2, 0) is 14.2 Å². The molecular weight excluding hydrogens is 559 g/mol. The van der Waals surface area contributed by atoms with Gasteiger partial charge < -0.3 is 23.8 Å². The fraction of sp³-hybridized carbons (Fsp3) is 0.600. The first kappa shape index (κ1) is 36.4. The molecule has 0 heterocycles. The second kappa shape index (κ2) is 19.5. The van der Waals surface area contributed by atoms with Gasteiger partial charge in [-0.15, -0.1) is 0 Å². The molecule has 0 bridgehead atoms. The molecule has 0 radical (unpaired) electrons. The quantitative estimate of drug-likeness (QED) is 0.143. The van der Waals surface area contributed by atoms with Gasteiger partial charge in [0, 0.05) is 49.4 Å². The summed E-state index contributed by atoms with van der Waals surface area (Å²) in [6.07, 6.45) is 7.68. The van der Waals surface area contributed by atoms with Crippen LogP contribution in [0.5, 0.6) is 11.5 Å². The molecule has 1 atom stereocenters. The van der Waals surface area contributed by atoms with Gasteiger partial charge in [-0.05, 0) is 74.2 Å². The zero-order chi connectivity index (χ0) is 31.7. The van der Waals surface area contributed by atoms with E-state index in [2.05, 4.69) is 27.7 Å². The molecular formula is C35H55N2O5P. The first-order valence-corrected chi connectivity index (χ1v) is 18.1. The lowest BCUT2D eigenvalue weighted by Gasteiger charge is -2.31. The van der Waals surface area contributed by atoms with Crippen molar-refractivity contribution >= 4 is 29.6 Å². The van der Waals surface area contributed by atoms with E-state index in [0.29, 0.717) is 48.3 Å². The molecule has 2 rings (SSSR count). The fourth-order valence-corrected chi connectivity index (χ4v) is 8.12. The highest BCUT2D eigenvalue weighted by molar-refractivity contribution is 7.78. The average Bonchev–Trinajstić information content (AvgIpc) is 3.04. The molecule has 2 aromatic carbocycles. The molecule has 240 valence electrons. The molecule has 0 aliphatic rings. The SMILES string of the molecule is CCCCN(CCCC)C(=O)CC(CP(=O)(c1ccc(OC)cc1)c1ccc(OC)cc1)C(=O)N(CCCC)CCCC. The summed E-state index contributed by atoms with van der Waals surface area (Å²) in [7, 11) is -0.145. The van der Waals surface area contributed by atoms with Gasteiger partial charge >= 0.3 is 0 Å². The highest BCUT2D eigenvalue weighted by atomic mass is 31.2. The highest BCUT2D eigenvalue weighted by Crippen LogP contribution is 2.47. The predicted octanol–water partition coefficient (Wildman–Crippen LogP) is 6.88. The van der Waals surface area contributed by atoms with E-state index in [9.17, 15) is 9.59 Å². The van der Waals surface area contributed by atoms with Crippen LogP contribution < -0.4 is 20.1 Å². The minimum absolute atomic E-state index is 0.0257. The molecule has 0 aliphatic carbocycles. The summed E-state index contributed by atoms with van der Waals surface area (Å²) < 4.78 is 26.0. The number of hydrogen-bond acceptors (Lipinski definition) is 5. The molecule has 43 heavy (non-hydrogen) atoms. The Morgan fingerprint density at radius 1 is 0.651 bits per heavy atom. The van der Waals surface area contributed by atoms with Crippen LogP contribution in [0.3, 0.4) is 0 Å². The summed E-state index contributed by atoms with van der Waals surface area (Å²) in [6.45, 7) is 11.1. The number of carbonyl (C=O) groups excluding carboxylic acids is 2. The number of ether oxygens (including phenoxy) is 2. The van der Waals surface area contributed by atoms with Gasteiger partial charge in [0.15, 0.2) is 0 Å². The lowest BCUT2D eigenvalue weighted by Crippen LogP contribution is -2.43. The van der Waals surface area contributed by atoms with Gasteiger partial charge in [-0.25, -0.2) is 0 Å². The number of hydrogen-bond donors (Lipinski definition) is 0. The van der Waals surface area contributed by atoms with Crippen LogP contribution >= 0.6 is 7.14 Å². The van der Waals surface area contributed by atoms with E-state index < -0.39 is 13.1 Å². The molecule has 0 spiro atoms. The van der Waals surface area contributed by atoms with Gasteiger partial charge in [0.25, 0.3) is 0 Å². The molecule has 8 heteroatoms. The third-order valence-corrected chi connectivity index (χ3v) is 11.2. The van der Waals surface area contributed by atoms with Crippen LogP contribution in [0.4, 0.5) is 0 Å². The van der Waals surface area contributed by atoms with Crippen LogP contribution in [0, 0.1) is 5.92 Å². The smallest absolute Gasteiger partial charge is 0.226 e. The maximum atomic E-state index is 15.3. The largest absolute Gasteiger partial charge is 0.497 e. The second-order valence-electron chi connectivity index (χ2n) is 11.3. The molecule has 0 N–H and O–H groups in total. The Bertz CT molecular complexity index is 1070. The molecule has 2 aromatic rings. The van der Waals surface area contributed by atoms with Gasteiger partial charge in [-0.2, -0.15) is 0 Å². The van der Waals surface area contributed by atoms with Gasteiger partial charge in [-0.1, -0.05) is 53.4 Å². The first-order chi connectivity index (χ1) is 20.8. The Balaban J connectivity index is 2.60. The van der Waals surface area contributed by atoms with Gasteiger partial charge in [0.05, 0.1) is 20.1 Å². The number of benzene rings is 2. The van der Waals surface area contributed by atoms with Crippen molar-refractivity contribution in [3.8, 4) is 11.5 Å². The molecule has 0 saturated heterocycles. The Morgan fingerprint density at radius 2 is 1.02 bits per heavy atom. The number of rotatable bonds is 21. The van der Waals surface area contributed by atoms with Crippen LogP contribution in [0.1, 0.15) is 85.5 Å². The lowest BCUT2D eigenvalue weighted by molar-refractivity contribution is -0.140. The van der Waals surface area contributed by atoms with E-state index in [-0.39, 0.29) is 24.4 Å². The first-order valence-electron chi connectivity index (χ1n) is 16.2. The van der Waals surface area contributed by atoms with E-state index in [1.807, 2.05) is 34.1 Å². The molecule has 2 amide bonds. The Hall–Kier alpha value is -2.79. The maximum Gasteiger partial charge on any atom is 0.226 e. The zero-order valence-corrected chi connectivity index (χ0v) is 28.4. The third kappa shape index (κ3) is 11.0. The standard InChI is InChI=1S/C35H55N2O5P/c1-7-11-23-36(24-12-8-2)34(38)27-29(35(39)37(25-13-9-3)26-14-10-4)28-43(40,32-19-15-30(41-5)16-20-32)33-21-17-31(42-6)18-22-33/h15-22,29H,7-14,23-28H2,1-6H3. The van der Waals surface area contributed by atoms with Crippen molar-refractivity contribution in [2.45, 2.75) is 85.5 Å². The van der Waals surface area contributed by atoms with Crippen molar-refractivity contribution in [3.05, 3.63) is 48.5 Å². The molecule has 7 nitrogen and oxygen atoms in total. The van der Waals surface area contributed by atoms with Gasteiger partial charge in [-0.3, -0.25) is 9.59 Å². The van der Waals surface area contributed by atoms with E-state index in [0.717, 1.165) is 51.4 Å². The van der Waals surface area contributed by atoms with Crippen molar-refractivity contribution in [1.82, 2.24) is 9.80 Å². The minimum atomic E-state index is -3.34. The summed E-state index contributed by atoms with van der Waals surface area (Å²) in [6, 6.07) is 14.5. The molecule has 0 fully saturated rings. The third-order valence-electron chi connectivity index (χ3n) is 8.02. The summed E-state index contributed by atoms with van der Waals surface area (Å²) in [5.74, 6) is 0.536. The van der Waals surface area contributed by atoms with Crippen molar-refractivity contribution in [3.63, 3.8) is 0 Å². The topological polar surface area (TPSA) is 76.1 Å². The van der Waals surface area contributed by atoms with Crippen LogP contribution in [0.2, 0.25) is 0 Å². The van der Waals surface area contributed by atoms with Crippen molar-refractivity contribution < 1.29 is 23.6 Å². The Kier molecular flexibility index (Phi) is 16.5. The average molecular weight is 615 g/mol. The van der Waals surface area contributed by atoms with Crippen molar-refractivity contribution in [2.75, 3.05) is 46.6 Å². The minimum Gasteiger partial charge on any atom is -0.497 e. The number of amides is 2. The normalized spacial score (nSPS) is 12.0. The Labute approximate surface area is 260 Å². The van der Waals surface area contributed by atoms with Gasteiger partial charge in [0.2, 0.25) is 11.8 Å². The van der Waals surface area contributed by atoms with Crippen LogP contribution in [0.15, 0.2) is 48.5 Å². The monoisotopic (exact) mass is 614 g/mol. The summed E-state index contributed by atoms with van der Waals surface area (Å²) in [5.41, 5.74) is 0. The van der Waals surface area contributed by atoms with Crippen molar-refractivity contribution in [2.24, 2.45) is 5.92 Å². The number of nitrogens with zero attached hydrogens (tertiary/aromatic N) is 2. The van der Waals surface area contributed by atoms with Crippen LogP contribution in [-0.4, -0.2) is 68.2 Å². The van der Waals surface area contributed by atoms with E-state index in [4.69, 9.17) is 9.47 Å². The summed E-state index contributed by atoms with van der Waals surface area (Å²) in [4.78, 5) is 32.1. The Morgan fingerprint density at radius 3 is 1.37 bits per heavy atom. The highest BCUT2D eigenvalue weighted by Gasteiger charge is 2.37. The van der Waals surface area contributed by atoms with Gasteiger partial charge in [0.1, 0.15) is 18.6 Å².